The van der Waals surface area contributed by atoms with Gasteiger partial charge in [0.2, 0.25) is 0 Å². The fourth-order valence-electron chi connectivity index (χ4n) is 1.88. The number of benzene rings is 1. The minimum atomic E-state index is 0.343. The maximum atomic E-state index is 5.68. The van der Waals surface area contributed by atoms with E-state index in [1.165, 1.54) is 18.4 Å². The quantitative estimate of drug-likeness (QED) is 0.736. The molecule has 1 aliphatic rings. The minimum Gasteiger partial charge on any atom is -0.381 e. The van der Waals surface area contributed by atoms with Crippen molar-refractivity contribution in [2.45, 2.75) is 31.6 Å². The molecule has 0 aromatic heterocycles. The normalized spacial score (nSPS) is 17.7. The highest BCUT2D eigenvalue weighted by Gasteiger charge is 2.44. The molecule has 0 aliphatic heterocycles. The lowest BCUT2D eigenvalue weighted by atomic mass is 9.97. The van der Waals surface area contributed by atoms with E-state index in [2.05, 4.69) is 47.1 Å². The Bertz CT molecular complexity index is 314. The molecular formula is C13H17BrO. The number of rotatable bonds is 5. The molecule has 0 heterocycles. The molecule has 0 amide bonds. The molecule has 0 spiro atoms. The van der Waals surface area contributed by atoms with E-state index in [1.54, 1.807) is 0 Å². The first-order valence-electron chi connectivity index (χ1n) is 5.61. The van der Waals surface area contributed by atoms with E-state index in [0.29, 0.717) is 5.41 Å². The minimum absolute atomic E-state index is 0.343. The molecule has 1 nitrogen and oxygen atoms in total. The van der Waals surface area contributed by atoms with Gasteiger partial charge in [0, 0.05) is 16.5 Å². The molecule has 1 aromatic carbocycles. The molecule has 1 saturated carbocycles. The van der Waals surface area contributed by atoms with Crippen molar-refractivity contribution in [3.05, 3.63) is 34.3 Å². The fourth-order valence-corrected chi connectivity index (χ4v) is 2.15. The predicted octanol–water partition coefficient (Wildman–Crippen LogP) is 3.91. The third kappa shape index (κ3) is 2.61. The molecule has 1 aliphatic carbocycles. The van der Waals surface area contributed by atoms with Crippen LogP contribution < -0.4 is 0 Å². The molecule has 0 N–H and O–H groups in total. The maximum Gasteiger partial charge on any atom is 0.0562 e. The Morgan fingerprint density at radius 3 is 2.47 bits per heavy atom. The Labute approximate surface area is 100.0 Å². The van der Waals surface area contributed by atoms with Gasteiger partial charge in [-0.15, -0.1) is 0 Å². The molecule has 15 heavy (non-hydrogen) atoms. The molecule has 0 unspecified atom stereocenters. The van der Waals surface area contributed by atoms with Gasteiger partial charge < -0.3 is 4.74 Å². The van der Waals surface area contributed by atoms with Crippen LogP contribution in [-0.2, 0) is 10.2 Å². The van der Waals surface area contributed by atoms with Crippen LogP contribution in [-0.4, -0.2) is 13.2 Å². The molecule has 0 radical (unpaired) electrons. The van der Waals surface area contributed by atoms with Crippen LogP contribution in [0.15, 0.2) is 28.7 Å². The van der Waals surface area contributed by atoms with Crippen LogP contribution >= 0.6 is 15.9 Å². The van der Waals surface area contributed by atoms with Crippen LogP contribution in [0.1, 0.15) is 31.7 Å². The Balaban J connectivity index is 1.99. The second kappa shape index (κ2) is 4.67. The lowest BCUT2D eigenvalue weighted by molar-refractivity contribution is 0.114. The Kier molecular flexibility index (Phi) is 3.47. The first-order chi connectivity index (χ1) is 7.27. The molecular weight excluding hydrogens is 252 g/mol. The Hall–Kier alpha value is -0.340. The lowest BCUT2D eigenvalue weighted by Crippen LogP contribution is -2.15. The number of halogens is 1. The highest BCUT2D eigenvalue weighted by atomic mass is 79.9. The fraction of sp³-hybridized carbons (Fsp3) is 0.538. The van der Waals surface area contributed by atoms with Crippen molar-refractivity contribution in [2.24, 2.45) is 0 Å². The SMILES string of the molecule is CCCOCC1(c2ccc(Br)cc2)CC1. The summed E-state index contributed by atoms with van der Waals surface area (Å²) in [5.41, 5.74) is 1.78. The van der Waals surface area contributed by atoms with Gasteiger partial charge in [0.15, 0.2) is 0 Å². The van der Waals surface area contributed by atoms with Gasteiger partial charge in [0.1, 0.15) is 0 Å². The molecule has 2 rings (SSSR count). The third-order valence-electron chi connectivity index (χ3n) is 3.04. The van der Waals surface area contributed by atoms with Gasteiger partial charge in [-0.3, -0.25) is 0 Å². The summed E-state index contributed by atoms with van der Waals surface area (Å²) in [7, 11) is 0. The van der Waals surface area contributed by atoms with E-state index >= 15 is 0 Å². The predicted molar refractivity (Wildman–Crippen MR) is 66.2 cm³/mol. The summed E-state index contributed by atoms with van der Waals surface area (Å²) < 4.78 is 6.83. The second-order valence-corrected chi connectivity index (χ2v) is 5.26. The number of hydrogen-bond acceptors (Lipinski definition) is 1. The van der Waals surface area contributed by atoms with E-state index in [4.69, 9.17) is 4.74 Å². The van der Waals surface area contributed by atoms with Crippen LogP contribution in [0, 0.1) is 0 Å². The largest absolute Gasteiger partial charge is 0.381 e. The summed E-state index contributed by atoms with van der Waals surface area (Å²) in [6.45, 7) is 3.93. The molecule has 2 heteroatoms. The summed E-state index contributed by atoms with van der Waals surface area (Å²) >= 11 is 3.47. The van der Waals surface area contributed by atoms with E-state index < -0.39 is 0 Å². The summed E-state index contributed by atoms with van der Waals surface area (Å²) in [6.07, 6.45) is 3.66. The number of hydrogen-bond donors (Lipinski definition) is 0. The number of ether oxygens (including phenoxy) is 1. The van der Waals surface area contributed by atoms with Crippen molar-refractivity contribution in [1.29, 1.82) is 0 Å². The summed E-state index contributed by atoms with van der Waals surface area (Å²) in [6, 6.07) is 8.67. The van der Waals surface area contributed by atoms with E-state index in [0.717, 1.165) is 24.1 Å². The van der Waals surface area contributed by atoms with Crippen LogP contribution in [0.25, 0.3) is 0 Å². The van der Waals surface area contributed by atoms with Gasteiger partial charge in [-0.1, -0.05) is 35.0 Å². The standard InChI is InChI=1S/C13H17BrO/c1-2-9-15-10-13(7-8-13)11-3-5-12(14)6-4-11/h3-6H,2,7-10H2,1H3. The van der Waals surface area contributed by atoms with Crippen LogP contribution in [0.3, 0.4) is 0 Å². The van der Waals surface area contributed by atoms with Crippen molar-refractivity contribution in [2.75, 3.05) is 13.2 Å². The average Bonchev–Trinajstić information content (AvgIpc) is 3.00. The van der Waals surface area contributed by atoms with E-state index in [9.17, 15) is 0 Å². The summed E-state index contributed by atoms with van der Waals surface area (Å²) in [5, 5.41) is 0. The molecule has 82 valence electrons. The molecule has 0 atom stereocenters. The second-order valence-electron chi connectivity index (χ2n) is 4.34. The van der Waals surface area contributed by atoms with Crippen molar-refractivity contribution < 1.29 is 4.74 Å². The van der Waals surface area contributed by atoms with Crippen LogP contribution in [0.2, 0.25) is 0 Å². The zero-order chi connectivity index (χ0) is 10.7. The first kappa shape index (κ1) is 11.2. The van der Waals surface area contributed by atoms with E-state index in [-0.39, 0.29) is 0 Å². The molecule has 0 bridgehead atoms. The topological polar surface area (TPSA) is 9.23 Å². The van der Waals surface area contributed by atoms with Crippen molar-refractivity contribution in [3.63, 3.8) is 0 Å². The average molecular weight is 269 g/mol. The van der Waals surface area contributed by atoms with E-state index in [1.807, 2.05) is 0 Å². The highest BCUT2D eigenvalue weighted by molar-refractivity contribution is 9.10. The monoisotopic (exact) mass is 268 g/mol. The van der Waals surface area contributed by atoms with Gasteiger partial charge in [0.05, 0.1) is 6.61 Å². The van der Waals surface area contributed by atoms with Gasteiger partial charge in [-0.25, -0.2) is 0 Å². The van der Waals surface area contributed by atoms with Crippen LogP contribution in [0.4, 0.5) is 0 Å². The zero-order valence-corrected chi connectivity index (χ0v) is 10.7. The molecule has 1 fully saturated rings. The van der Waals surface area contributed by atoms with Crippen molar-refractivity contribution >= 4 is 15.9 Å². The maximum absolute atomic E-state index is 5.68. The molecule has 0 saturated heterocycles. The summed E-state index contributed by atoms with van der Waals surface area (Å²) in [5.74, 6) is 0. The third-order valence-corrected chi connectivity index (χ3v) is 3.57. The lowest BCUT2D eigenvalue weighted by Gasteiger charge is -2.15. The highest BCUT2D eigenvalue weighted by Crippen LogP contribution is 2.48. The van der Waals surface area contributed by atoms with Crippen LogP contribution in [0.5, 0.6) is 0 Å². The smallest absolute Gasteiger partial charge is 0.0562 e. The van der Waals surface area contributed by atoms with Gasteiger partial charge in [-0.05, 0) is 37.0 Å². The van der Waals surface area contributed by atoms with Gasteiger partial charge in [-0.2, -0.15) is 0 Å². The Morgan fingerprint density at radius 2 is 1.93 bits per heavy atom. The zero-order valence-electron chi connectivity index (χ0n) is 9.13. The van der Waals surface area contributed by atoms with Crippen molar-refractivity contribution in [3.8, 4) is 0 Å². The Morgan fingerprint density at radius 1 is 1.27 bits per heavy atom. The van der Waals surface area contributed by atoms with Gasteiger partial charge in [0.25, 0.3) is 0 Å². The molecule has 1 aromatic rings. The summed E-state index contributed by atoms with van der Waals surface area (Å²) in [4.78, 5) is 0. The first-order valence-corrected chi connectivity index (χ1v) is 6.40. The van der Waals surface area contributed by atoms with Crippen molar-refractivity contribution in [1.82, 2.24) is 0 Å². The van der Waals surface area contributed by atoms with Gasteiger partial charge >= 0.3 is 0 Å².